The molecule has 1 rings (SSSR count). The first-order valence-electron chi connectivity index (χ1n) is 5.29. The average Bonchev–Trinajstić information content (AvgIpc) is 2.20. The summed E-state index contributed by atoms with van der Waals surface area (Å²) in [6, 6.07) is 8.45. The van der Waals surface area contributed by atoms with Crippen molar-refractivity contribution in [2.75, 3.05) is 0 Å². The molecule has 0 fully saturated rings. The van der Waals surface area contributed by atoms with Crippen LogP contribution < -0.4 is 0 Å². The molecule has 0 aliphatic rings. The van der Waals surface area contributed by atoms with Crippen molar-refractivity contribution in [3.8, 4) is 0 Å². The third kappa shape index (κ3) is 6.23. The Balaban J connectivity index is 2.12. The summed E-state index contributed by atoms with van der Waals surface area (Å²) in [7, 11) is 0. The molecule has 0 radical (unpaired) electrons. The molecular weight excluding hydrogens is 272 g/mol. The molecule has 0 bridgehead atoms. The topological polar surface area (TPSA) is 20.2 Å². The van der Waals surface area contributed by atoms with E-state index < -0.39 is 5.44 Å². The predicted octanol–water partition coefficient (Wildman–Crippen LogP) is 3.80. The van der Waals surface area contributed by atoms with Gasteiger partial charge in [0.1, 0.15) is 0 Å². The zero-order valence-electron chi connectivity index (χ0n) is 8.69. The first kappa shape index (κ1) is 13.1. The molecule has 15 heavy (non-hydrogen) atoms. The maximum absolute atomic E-state index is 8.96. The number of halogens is 1. The van der Waals surface area contributed by atoms with Gasteiger partial charge in [-0.3, -0.25) is 0 Å². The van der Waals surface area contributed by atoms with Gasteiger partial charge in [0.15, 0.2) is 0 Å². The van der Waals surface area contributed by atoms with E-state index in [2.05, 4.69) is 52.8 Å². The molecule has 1 nitrogen and oxygen atoms in total. The molecule has 1 aromatic rings. The quantitative estimate of drug-likeness (QED) is 0.463. The highest BCUT2D eigenvalue weighted by Crippen LogP contribution is 2.13. The van der Waals surface area contributed by atoms with Crippen molar-refractivity contribution in [1.29, 1.82) is 0 Å². The predicted molar refractivity (Wildman–Crippen MR) is 71.3 cm³/mol. The van der Waals surface area contributed by atoms with Gasteiger partial charge in [0, 0.05) is 4.47 Å². The Kier molecular flexibility index (Phi) is 6.37. The van der Waals surface area contributed by atoms with Crippen molar-refractivity contribution in [2.24, 2.45) is 0 Å². The van der Waals surface area contributed by atoms with Gasteiger partial charge in [-0.05, 0) is 37.0 Å². The van der Waals surface area contributed by atoms with Gasteiger partial charge in [0.05, 0.1) is 5.44 Å². The van der Waals surface area contributed by atoms with Gasteiger partial charge in [-0.1, -0.05) is 40.9 Å². The first-order valence-corrected chi connectivity index (χ1v) is 6.60. The van der Waals surface area contributed by atoms with Crippen LogP contribution in [-0.2, 0) is 6.42 Å². The molecule has 0 heterocycles. The number of rotatable bonds is 6. The van der Waals surface area contributed by atoms with E-state index in [1.54, 1.807) is 0 Å². The standard InChI is InChI=1S/C12H17BrOS/c13-11-8-6-10(7-9-11)4-2-1-3-5-12(14)15/h6-9,12,14-15H,1-5H2. The van der Waals surface area contributed by atoms with Crippen LogP contribution in [0.25, 0.3) is 0 Å². The second-order valence-electron chi connectivity index (χ2n) is 3.71. The van der Waals surface area contributed by atoms with Crippen molar-refractivity contribution in [2.45, 2.75) is 37.5 Å². The number of unbranched alkanes of at least 4 members (excludes halogenated alkanes) is 2. The molecule has 0 saturated carbocycles. The molecule has 0 amide bonds. The minimum Gasteiger partial charge on any atom is -0.383 e. The maximum Gasteiger partial charge on any atom is 0.0964 e. The lowest BCUT2D eigenvalue weighted by molar-refractivity contribution is 0.250. The molecule has 0 aliphatic heterocycles. The van der Waals surface area contributed by atoms with Gasteiger partial charge in [0.2, 0.25) is 0 Å². The molecule has 84 valence electrons. The van der Waals surface area contributed by atoms with Gasteiger partial charge in [-0.25, -0.2) is 0 Å². The molecule has 1 unspecified atom stereocenters. The Bertz CT molecular complexity index is 271. The van der Waals surface area contributed by atoms with Crippen LogP contribution in [-0.4, -0.2) is 10.5 Å². The van der Waals surface area contributed by atoms with Crippen LogP contribution in [0.4, 0.5) is 0 Å². The summed E-state index contributed by atoms with van der Waals surface area (Å²) in [5, 5.41) is 8.96. The van der Waals surface area contributed by atoms with E-state index in [-0.39, 0.29) is 0 Å². The summed E-state index contributed by atoms with van der Waals surface area (Å²) in [5.41, 5.74) is 0.933. The largest absolute Gasteiger partial charge is 0.383 e. The average molecular weight is 289 g/mol. The summed E-state index contributed by atoms with van der Waals surface area (Å²) in [5.74, 6) is 0. The van der Waals surface area contributed by atoms with Crippen LogP contribution in [0.2, 0.25) is 0 Å². The number of hydrogen-bond donors (Lipinski definition) is 2. The number of thiol groups is 1. The van der Waals surface area contributed by atoms with Crippen LogP contribution in [0.1, 0.15) is 31.2 Å². The Hall–Kier alpha value is 0.01000. The van der Waals surface area contributed by atoms with Crippen LogP contribution in [0.3, 0.4) is 0 Å². The highest BCUT2D eigenvalue weighted by Gasteiger charge is 1.97. The van der Waals surface area contributed by atoms with Crippen molar-refractivity contribution in [1.82, 2.24) is 0 Å². The zero-order valence-corrected chi connectivity index (χ0v) is 11.2. The SMILES string of the molecule is OC(S)CCCCCc1ccc(Br)cc1. The van der Waals surface area contributed by atoms with Gasteiger partial charge in [-0.15, -0.1) is 12.6 Å². The number of aliphatic hydroxyl groups excluding tert-OH is 1. The zero-order chi connectivity index (χ0) is 11.1. The minimum absolute atomic E-state index is 0.447. The van der Waals surface area contributed by atoms with Gasteiger partial charge >= 0.3 is 0 Å². The molecular formula is C12H17BrOS. The second-order valence-corrected chi connectivity index (χ2v) is 5.22. The molecule has 1 N–H and O–H groups in total. The smallest absolute Gasteiger partial charge is 0.0964 e. The normalized spacial score (nSPS) is 12.7. The van der Waals surface area contributed by atoms with Crippen LogP contribution in [0.15, 0.2) is 28.7 Å². The number of benzene rings is 1. The highest BCUT2D eigenvalue weighted by molar-refractivity contribution is 9.10. The number of aliphatic hydroxyl groups is 1. The second kappa shape index (κ2) is 7.31. The van der Waals surface area contributed by atoms with E-state index in [9.17, 15) is 0 Å². The Morgan fingerprint density at radius 1 is 1.13 bits per heavy atom. The lowest BCUT2D eigenvalue weighted by Crippen LogP contribution is -1.95. The summed E-state index contributed by atoms with van der Waals surface area (Å²) in [4.78, 5) is 0. The summed E-state index contributed by atoms with van der Waals surface area (Å²) < 4.78 is 1.13. The minimum atomic E-state index is -0.447. The van der Waals surface area contributed by atoms with Gasteiger partial charge < -0.3 is 5.11 Å². The van der Waals surface area contributed by atoms with Crippen molar-refractivity contribution < 1.29 is 5.11 Å². The monoisotopic (exact) mass is 288 g/mol. The van der Waals surface area contributed by atoms with E-state index in [4.69, 9.17) is 5.11 Å². The Morgan fingerprint density at radius 3 is 2.40 bits per heavy atom. The van der Waals surface area contributed by atoms with E-state index >= 15 is 0 Å². The highest BCUT2D eigenvalue weighted by atomic mass is 79.9. The van der Waals surface area contributed by atoms with Crippen molar-refractivity contribution in [3.63, 3.8) is 0 Å². The maximum atomic E-state index is 8.96. The summed E-state index contributed by atoms with van der Waals surface area (Å²) in [6.07, 6.45) is 5.32. The molecule has 0 aromatic heterocycles. The third-order valence-electron chi connectivity index (χ3n) is 2.34. The van der Waals surface area contributed by atoms with E-state index in [1.165, 1.54) is 12.0 Å². The van der Waals surface area contributed by atoms with Crippen LogP contribution in [0, 0.1) is 0 Å². The van der Waals surface area contributed by atoms with Crippen LogP contribution >= 0.6 is 28.6 Å². The molecule has 1 aromatic carbocycles. The van der Waals surface area contributed by atoms with Crippen LogP contribution in [0.5, 0.6) is 0 Å². The third-order valence-corrected chi connectivity index (χ3v) is 3.13. The summed E-state index contributed by atoms with van der Waals surface area (Å²) >= 11 is 7.35. The van der Waals surface area contributed by atoms with E-state index in [0.29, 0.717) is 0 Å². The fourth-order valence-corrected chi connectivity index (χ4v) is 1.93. The number of hydrogen-bond acceptors (Lipinski definition) is 2. The van der Waals surface area contributed by atoms with Crippen molar-refractivity contribution in [3.05, 3.63) is 34.3 Å². The lowest BCUT2D eigenvalue weighted by Gasteiger charge is -2.03. The molecule has 0 aliphatic carbocycles. The lowest BCUT2D eigenvalue weighted by atomic mass is 10.1. The molecule has 3 heteroatoms. The summed E-state index contributed by atoms with van der Waals surface area (Å²) in [6.45, 7) is 0. The first-order chi connectivity index (χ1) is 7.18. The van der Waals surface area contributed by atoms with Gasteiger partial charge in [-0.2, -0.15) is 0 Å². The van der Waals surface area contributed by atoms with E-state index in [0.717, 1.165) is 30.2 Å². The Morgan fingerprint density at radius 2 is 1.80 bits per heavy atom. The van der Waals surface area contributed by atoms with Crippen molar-refractivity contribution >= 4 is 28.6 Å². The molecule has 0 saturated heterocycles. The molecule has 0 spiro atoms. The fraction of sp³-hybridized carbons (Fsp3) is 0.500. The van der Waals surface area contributed by atoms with Gasteiger partial charge in [0.25, 0.3) is 0 Å². The van der Waals surface area contributed by atoms with E-state index in [1.807, 2.05) is 0 Å². The number of aryl methyl sites for hydroxylation is 1. The fourth-order valence-electron chi connectivity index (χ4n) is 1.48. The Labute approximate surface area is 105 Å². The molecule has 1 atom stereocenters.